The summed E-state index contributed by atoms with van der Waals surface area (Å²) in [5, 5.41) is 12.7. The van der Waals surface area contributed by atoms with Gasteiger partial charge in [-0.1, -0.05) is 11.3 Å². The number of nitrogens with zero attached hydrogens (tertiary/aromatic N) is 2. The molecule has 0 spiro atoms. The Labute approximate surface area is 106 Å². The minimum atomic E-state index is -0.370. The SMILES string of the molecule is O=[N+]([O-])c1ccc(-c2csc3[n+]2CCS3)cc1. The monoisotopic (exact) mass is 265 g/mol. The van der Waals surface area contributed by atoms with Gasteiger partial charge in [0, 0.05) is 17.7 Å². The summed E-state index contributed by atoms with van der Waals surface area (Å²) < 4.78 is 3.59. The summed E-state index contributed by atoms with van der Waals surface area (Å²) in [6, 6.07) is 6.75. The lowest BCUT2D eigenvalue weighted by Crippen LogP contribution is -2.32. The van der Waals surface area contributed by atoms with Crippen LogP contribution in [0.2, 0.25) is 0 Å². The summed E-state index contributed by atoms with van der Waals surface area (Å²) in [5.74, 6) is 1.12. The van der Waals surface area contributed by atoms with Crippen molar-refractivity contribution in [3.63, 3.8) is 0 Å². The van der Waals surface area contributed by atoms with Crippen LogP contribution in [-0.4, -0.2) is 10.7 Å². The topological polar surface area (TPSA) is 47.0 Å². The number of thioether (sulfide) groups is 1. The molecule has 1 aliphatic heterocycles. The van der Waals surface area contributed by atoms with Gasteiger partial charge in [-0.25, -0.2) is 0 Å². The van der Waals surface area contributed by atoms with Crippen molar-refractivity contribution >= 4 is 28.8 Å². The highest BCUT2D eigenvalue weighted by molar-refractivity contribution is 8.01. The number of non-ortho nitro benzene ring substituents is 1. The van der Waals surface area contributed by atoms with E-state index in [1.807, 2.05) is 23.9 Å². The second-order valence-corrected chi connectivity index (χ2v) is 5.89. The van der Waals surface area contributed by atoms with Gasteiger partial charge in [0.1, 0.15) is 0 Å². The molecule has 2 heterocycles. The van der Waals surface area contributed by atoms with Gasteiger partial charge in [0.25, 0.3) is 10.0 Å². The van der Waals surface area contributed by atoms with Crippen LogP contribution in [0.5, 0.6) is 0 Å². The predicted octanol–water partition coefficient (Wildman–Crippen LogP) is 2.72. The van der Waals surface area contributed by atoms with Gasteiger partial charge in [-0.3, -0.25) is 10.1 Å². The van der Waals surface area contributed by atoms with E-state index in [4.69, 9.17) is 0 Å². The second kappa shape index (κ2) is 4.12. The highest BCUT2D eigenvalue weighted by Gasteiger charge is 2.27. The quantitative estimate of drug-likeness (QED) is 0.476. The molecule has 4 nitrogen and oxygen atoms in total. The summed E-state index contributed by atoms with van der Waals surface area (Å²) in [4.78, 5) is 10.2. The van der Waals surface area contributed by atoms with Gasteiger partial charge in [-0.2, -0.15) is 4.57 Å². The van der Waals surface area contributed by atoms with Gasteiger partial charge in [-0.15, -0.1) is 0 Å². The summed E-state index contributed by atoms with van der Waals surface area (Å²) in [6.45, 7) is 1.02. The molecular formula is C11H9N2O2S2+. The summed E-state index contributed by atoms with van der Waals surface area (Å²) in [6.07, 6.45) is 0. The Morgan fingerprint density at radius 2 is 2.06 bits per heavy atom. The first-order chi connectivity index (χ1) is 8.25. The Morgan fingerprint density at radius 1 is 1.29 bits per heavy atom. The molecule has 0 radical (unpaired) electrons. The smallest absolute Gasteiger partial charge is 0.258 e. The molecule has 1 aliphatic rings. The normalized spacial score (nSPS) is 13.6. The third kappa shape index (κ3) is 1.83. The fourth-order valence-electron chi connectivity index (χ4n) is 1.86. The Morgan fingerprint density at radius 3 is 2.76 bits per heavy atom. The van der Waals surface area contributed by atoms with Crippen molar-refractivity contribution in [2.45, 2.75) is 10.9 Å². The minimum absolute atomic E-state index is 0.139. The van der Waals surface area contributed by atoms with Crippen LogP contribution in [0.1, 0.15) is 0 Å². The van der Waals surface area contributed by atoms with Crippen LogP contribution >= 0.6 is 23.1 Å². The lowest BCUT2D eigenvalue weighted by Gasteiger charge is -1.96. The highest BCUT2D eigenvalue weighted by Crippen LogP contribution is 2.30. The molecule has 1 aromatic carbocycles. The van der Waals surface area contributed by atoms with Crippen molar-refractivity contribution in [2.75, 3.05) is 5.75 Å². The number of benzene rings is 1. The molecule has 0 unspecified atom stereocenters. The average molecular weight is 265 g/mol. The molecule has 6 heteroatoms. The summed E-state index contributed by atoms with van der Waals surface area (Å²) in [5.41, 5.74) is 2.34. The van der Waals surface area contributed by atoms with Gasteiger partial charge in [0.05, 0.1) is 16.1 Å². The van der Waals surface area contributed by atoms with Crippen molar-refractivity contribution < 1.29 is 9.49 Å². The van der Waals surface area contributed by atoms with Crippen molar-refractivity contribution in [3.8, 4) is 11.3 Å². The number of nitro benzene ring substituents is 1. The van der Waals surface area contributed by atoms with E-state index in [1.54, 1.807) is 23.5 Å². The number of hydrogen-bond acceptors (Lipinski definition) is 4. The number of aromatic nitrogens is 1. The van der Waals surface area contributed by atoms with Crippen LogP contribution in [0, 0.1) is 10.1 Å². The zero-order chi connectivity index (χ0) is 11.8. The fourth-order valence-corrected chi connectivity index (χ4v) is 4.11. The number of thiazole rings is 1. The van der Waals surface area contributed by atoms with Crippen LogP contribution in [0.15, 0.2) is 34.0 Å². The molecule has 3 rings (SSSR count). The minimum Gasteiger partial charge on any atom is -0.258 e. The first-order valence-electron chi connectivity index (χ1n) is 5.14. The third-order valence-electron chi connectivity index (χ3n) is 2.70. The maximum absolute atomic E-state index is 10.6. The van der Waals surface area contributed by atoms with E-state index in [2.05, 4.69) is 9.95 Å². The van der Waals surface area contributed by atoms with Gasteiger partial charge in [0.15, 0.2) is 6.54 Å². The molecule has 0 bridgehead atoms. The number of rotatable bonds is 2. The van der Waals surface area contributed by atoms with Gasteiger partial charge in [0.2, 0.25) is 5.69 Å². The van der Waals surface area contributed by atoms with Crippen molar-refractivity contribution in [1.29, 1.82) is 0 Å². The number of hydrogen-bond donors (Lipinski definition) is 0. The first kappa shape index (κ1) is 10.7. The Balaban J connectivity index is 2.01. The average Bonchev–Trinajstić information content (AvgIpc) is 2.90. The second-order valence-electron chi connectivity index (χ2n) is 3.69. The zero-order valence-electron chi connectivity index (χ0n) is 8.83. The molecule has 0 N–H and O–H groups in total. The summed E-state index contributed by atoms with van der Waals surface area (Å²) >= 11 is 3.60. The first-order valence-corrected chi connectivity index (χ1v) is 7.01. The van der Waals surface area contributed by atoms with Crippen LogP contribution in [0.3, 0.4) is 0 Å². The molecule has 1 aromatic heterocycles. The molecule has 0 atom stereocenters. The third-order valence-corrected chi connectivity index (χ3v) is 4.96. The maximum atomic E-state index is 10.6. The van der Waals surface area contributed by atoms with E-state index >= 15 is 0 Å². The van der Waals surface area contributed by atoms with Crippen molar-refractivity contribution in [1.82, 2.24) is 0 Å². The lowest BCUT2D eigenvalue weighted by atomic mass is 10.1. The molecule has 0 saturated heterocycles. The molecule has 86 valence electrons. The van der Waals surface area contributed by atoms with E-state index in [9.17, 15) is 10.1 Å². The fraction of sp³-hybridized carbons (Fsp3) is 0.182. The molecule has 0 fully saturated rings. The van der Waals surface area contributed by atoms with Crippen LogP contribution in [0.25, 0.3) is 11.3 Å². The van der Waals surface area contributed by atoms with Crippen LogP contribution in [-0.2, 0) is 6.54 Å². The molecular weight excluding hydrogens is 256 g/mol. The Hall–Kier alpha value is -1.40. The van der Waals surface area contributed by atoms with Crippen LogP contribution in [0.4, 0.5) is 5.69 Å². The maximum Gasteiger partial charge on any atom is 0.298 e. The molecule has 0 aliphatic carbocycles. The predicted molar refractivity (Wildman–Crippen MR) is 67.3 cm³/mol. The number of fused-ring (bicyclic) bond motifs is 1. The van der Waals surface area contributed by atoms with E-state index < -0.39 is 0 Å². The Bertz CT molecular complexity index is 578. The molecule has 0 saturated carbocycles. The largest absolute Gasteiger partial charge is 0.298 e. The zero-order valence-corrected chi connectivity index (χ0v) is 10.5. The van der Waals surface area contributed by atoms with Crippen molar-refractivity contribution in [2.24, 2.45) is 0 Å². The summed E-state index contributed by atoms with van der Waals surface area (Å²) in [7, 11) is 0. The molecule has 0 amide bonds. The standard InChI is InChI=1S/C11H9N2O2S2/c14-13(15)9-3-1-8(2-4-9)10-7-17-11-12(10)5-6-16-11/h1-4,7H,5-6H2/q+1. The molecule has 17 heavy (non-hydrogen) atoms. The van der Waals surface area contributed by atoms with E-state index in [-0.39, 0.29) is 10.6 Å². The highest BCUT2D eigenvalue weighted by atomic mass is 32.2. The van der Waals surface area contributed by atoms with Gasteiger partial charge in [-0.05, 0) is 23.9 Å². The van der Waals surface area contributed by atoms with Gasteiger partial charge < -0.3 is 0 Å². The lowest BCUT2D eigenvalue weighted by molar-refractivity contribution is -0.706. The van der Waals surface area contributed by atoms with E-state index in [0.717, 1.165) is 23.6 Å². The van der Waals surface area contributed by atoms with E-state index in [1.165, 1.54) is 4.34 Å². The van der Waals surface area contributed by atoms with Gasteiger partial charge >= 0.3 is 0 Å². The number of nitro groups is 1. The van der Waals surface area contributed by atoms with Crippen molar-refractivity contribution in [3.05, 3.63) is 39.8 Å². The van der Waals surface area contributed by atoms with E-state index in [0.29, 0.717) is 0 Å². The molecule has 2 aromatic rings. The van der Waals surface area contributed by atoms with Crippen LogP contribution < -0.4 is 4.57 Å². The Kier molecular flexibility index (Phi) is 2.60.